The van der Waals surface area contributed by atoms with E-state index < -0.39 is 51.0 Å². The van der Waals surface area contributed by atoms with Crippen molar-refractivity contribution in [1.82, 2.24) is 9.62 Å². The lowest BCUT2D eigenvalue weighted by Gasteiger charge is -2.39. The van der Waals surface area contributed by atoms with Crippen molar-refractivity contribution in [2.75, 3.05) is 6.61 Å². The van der Waals surface area contributed by atoms with Gasteiger partial charge in [-0.3, -0.25) is 10.1 Å². The number of halogens is 1. The molecule has 1 aromatic rings. The first-order valence-corrected chi connectivity index (χ1v) is 15.4. The van der Waals surface area contributed by atoms with E-state index in [0.717, 1.165) is 16.6 Å². The molecule has 39 heavy (non-hydrogen) atoms. The molecule has 1 aliphatic carbocycles. The van der Waals surface area contributed by atoms with E-state index in [-0.39, 0.29) is 12.5 Å². The van der Waals surface area contributed by atoms with Crippen LogP contribution in [-0.4, -0.2) is 61.8 Å². The van der Waals surface area contributed by atoms with Gasteiger partial charge in [0.05, 0.1) is 12.6 Å². The number of hydrogen-bond acceptors (Lipinski definition) is 5. The molecule has 0 aromatic heterocycles. The van der Waals surface area contributed by atoms with Crippen molar-refractivity contribution in [1.29, 1.82) is 0 Å². The van der Waals surface area contributed by atoms with Crippen molar-refractivity contribution in [3.63, 3.8) is 0 Å². The van der Waals surface area contributed by atoms with Crippen LogP contribution in [0.4, 0.5) is 0 Å². The van der Waals surface area contributed by atoms with Gasteiger partial charge in [-0.05, 0) is 48.3 Å². The number of aliphatic carboxylic acids is 1. The molecule has 0 saturated carbocycles. The molecule has 3 unspecified atom stereocenters. The second-order valence-electron chi connectivity index (χ2n) is 12.1. The summed E-state index contributed by atoms with van der Waals surface area (Å²) >= 11 is 6.48. The van der Waals surface area contributed by atoms with E-state index >= 15 is 0 Å². The predicted molar refractivity (Wildman–Crippen MR) is 160 cm³/mol. The normalized spacial score (nSPS) is 23.9. The molecule has 1 heterocycles. The number of ether oxygens (including phenoxy) is 1. The monoisotopic (exact) mass is 576 g/mol. The summed E-state index contributed by atoms with van der Waals surface area (Å²) in [7, 11) is -1.89. The van der Waals surface area contributed by atoms with Crippen molar-refractivity contribution in [3.8, 4) is 0 Å². The Kier molecular flexibility index (Phi) is 10.3. The summed E-state index contributed by atoms with van der Waals surface area (Å²) in [6.07, 6.45) is 7.50. The zero-order chi connectivity index (χ0) is 29.1. The molecule has 0 bridgehead atoms. The van der Waals surface area contributed by atoms with Gasteiger partial charge in [0.2, 0.25) is 10.0 Å². The molecule has 0 saturated heterocycles. The van der Waals surface area contributed by atoms with Crippen molar-refractivity contribution >= 4 is 40.9 Å². The number of carbonyl (C=O) groups is 1. The van der Waals surface area contributed by atoms with Crippen molar-refractivity contribution in [2.24, 2.45) is 11.3 Å². The molecule has 10 heteroatoms. The Hall–Kier alpha value is -1.91. The van der Waals surface area contributed by atoms with Gasteiger partial charge in [-0.15, -0.1) is 0 Å². The summed E-state index contributed by atoms with van der Waals surface area (Å²) in [5, 5.41) is 12.1. The molecule has 7 nitrogen and oxygen atoms in total. The summed E-state index contributed by atoms with van der Waals surface area (Å²) in [6.45, 7) is 12.0. The summed E-state index contributed by atoms with van der Waals surface area (Å²) in [4.78, 5) is 11.8. The maximum atomic E-state index is 14.3. The highest BCUT2D eigenvalue weighted by atomic mass is 35.5. The SMILES string of the molecule is Bc1ccc(C2C(CO[C@H](C)N[C@@H](CC(C)C)C(=O)O)=CC(C(C)(C)C)N2S(=O)(=O)C2CC=CC=C2Cl)cc1. The van der Waals surface area contributed by atoms with Gasteiger partial charge < -0.3 is 9.84 Å². The number of nitrogens with one attached hydrogen (secondary N) is 1. The minimum absolute atomic E-state index is 0.146. The van der Waals surface area contributed by atoms with Gasteiger partial charge >= 0.3 is 5.97 Å². The van der Waals surface area contributed by atoms with E-state index in [9.17, 15) is 18.3 Å². The Morgan fingerprint density at radius 2 is 1.87 bits per heavy atom. The van der Waals surface area contributed by atoms with Crippen LogP contribution in [0.15, 0.2) is 59.2 Å². The van der Waals surface area contributed by atoms with Crippen molar-refractivity contribution < 1.29 is 23.1 Å². The number of rotatable bonds is 11. The number of sulfonamides is 1. The van der Waals surface area contributed by atoms with E-state index in [2.05, 4.69) is 5.32 Å². The highest BCUT2D eigenvalue weighted by Gasteiger charge is 2.50. The van der Waals surface area contributed by atoms with Crippen LogP contribution in [0.1, 0.15) is 66.0 Å². The van der Waals surface area contributed by atoms with Crippen LogP contribution < -0.4 is 10.8 Å². The second-order valence-corrected chi connectivity index (χ2v) is 14.5. The maximum Gasteiger partial charge on any atom is 0.320 e. The van der Waals surface area contributed by atoms with Gasteiger partial charge in [0, 0.05) is 11.1 Å². The van der Waals surface area contributed by atoms with Gasteiger partial charge in [-0.25, -0.2) is 8.42 Å². The Bertz CT molecular complexity index is 1220. The molecule has 1 aliphatic heterocycles. The van der Waals surface area contributed by atoms with E-state index in [0.29, 0.717) is 17.9 Å². The van der Waals surface area contributed by atoms with E-state index in [1.807, 2.05) is 78.9 Å². The van der Waals surface area contributed by atoms with Crippen LogP contribution in [0.5, 0.6) is 0 Å². The maximum absolute atomic E-state index is 14.3. The number of carboxylic acids is 1. The fraction of sp³-hybridized carbons (Fsp3) is 0.552. The van der Waals surface area contributed by atoms with Crippen molar-refractivity contribution in [2.45, 2.75) is 84.0 Å². The molecule has 2 aliphatic rings. The molecule has 0 radical (unpaired) electrons. The topological polar surface area (TPSA) is 95.9 Å². The number of hydrogen-bond donors (Lipinski definition) is 2. The molecule has 0 fully saturated rings. The standard InChI is InChI=1S/C29H42BClN2O5S/c1-18(2)15-24(28(34)35)32-19(3)38-17-21-16-26(29(4,5)6)33(27(21)20-11-13-22(30)14-12-20)39(36,37)25-10-8-7-9-23(25)31/h7-9,11-14,16,18-19,24-27,32H,10,15,17,30H2,1-6H3,(H,34,35)/t19-,24+,25?,26?,27?/m1/s1. The van der Waals surface area contributed by atoms with Gasteiger partial charge in [-0.2, -0.15) is 4.31 Å². The highest BCUT2D eigenvalue weighted by Crippen LogP contribution is 2.46. The Balaban J connectivity index is 1.98. The summed E-state index contributed by atoms with van der Waals surface area (Å²) in [5.41, 5.74) is 2.33. The summed E-state index contributed by atoms with van der Waals surface area (Å²) in [5.74, 6) is -0.718. The quantitative estimate of drug-likeness (QED) is 0.236. The number of allylic oxidation sites excluding steroid dienone is 3. The number of nitrogens with zero attached hydrogens (tertiary/aromatic N) is 1. The fourth-order valence-corrected chi connectivity index (χ4v) is 7.88. The lowest BCUT2D eigenvalue weighted by atomic mass is 9.87. The number of benzene rings is 1. The minimum atomic E-state index is -3.89. The molecule has 0 spiro atoms. The van der Waals surface area contributed by atoms with Crippen LogP contribution in [0, 0.1) is 11.3 Å². The van der Waals surface area contributed by atoms with Gasteiger partial charge in [0.25, 0.3) is 0 Å². The summed E-state index contributed by atoms with van der Waals surface area (Å²) in [6, 6.07) is 6.14. The Morgan fingerprint density at radius 3 is 2.41 bits per heavy atom. The zero-order valence-electron chi connectivity index (χ0n) is 24.0. The van der Waals surface area contributed by atoms with Gasteiger partial charge in [0.15, 0.2) is 0 Å². The number of carboxylic acid groups (broad SMARTS) is 1. The van der Waals surface area contributed by atoms with Gasteiger partial charge in [0.1, 0.15) is 25.4 Å². The lowest BCUT2D eigenvalue weighted by molar-refractivity contribution is -0.141. The van der Waals surface area contributed by atoms with Crippen molar-refractivity contribution in [3.05, 3.63) is 64.7 Å². The first-order valence-electron chi connectivity index (χ1n) is 13.5. The zero-order valence-corrected chi connectivity index (χ0v) is 25.6. The summed E-state index contributed by atoms with van der Waals surface area (Å²) < 4.78 is 36.4. The molecule has 214 valence electrons. The van der Waals surface area contributed by atoms with E-state index in [1.165, 1.54) is 0 Å². The van der Waals surface area contributed by atoms with Crippen LogP contribution in [0.25, 0.3) is 0 Å². The first kappa shape index (κ1) is 31.6. The largest absolute Gasteiger partial charge is 0.480 e. The Labute approximate surface area is 239 Å². The average molecular weight is 577 g/mol. The second kappa shape index (κ2) is 12.7. The highest BCUT2D eigenvalue weighted by molar-refractivity contribution is 7.90. The third-order valence-corrected chi connectivity index (χ3v) is 9.89. The predicted octanol–water partition coefficient (Wildman–Crippen LogP) is 3.88. The van der Waals surface area contributed by atoms with Crippen LogP contribution >= 0.6 is 11.6 Å². The first-order chi connectivity index (χ1) is 18.1. The third kappa shape index (κ3) is 7.64. The average Bonchev–Trinajstić information content (AvgIpc) is 3.24. The van der Waals surface area contributed by atoms with E-state index in [1.54, 1.807) is 23.4 Å². The molecule has 5 atom stereocenters. The molecule has 1 aromatic carbocycles. The van der Waals surface area contributed by atoms with E-state index in [4.69, 9.17) is 16.3 Å². The molecule has 3 rings (SSSR count). The molecule has 2 N–H and O–H groups in total. The minimum Gasteiger partial charge on any atom is -0.480 e. The Morgan fingerprint density at radius 1 is 1.23 bits per heavy atom. The molecule has 0 amide bonds. The smallest absolute Gasteiger partial charge is 0.320 e. The van der Waals surface area contributed by atoms with Crippen LogP contribution in [0.2, 0.25) is 0 Å². The fourth-order valence-electron chi connectivity index (χ4n) is 5.12. The molecular weight excluding hydrogens is 535 g/mol. The molecular formula is C29H42BClN2O5S. The lowest BCUT2D eigenvalue weighted by Crippen LogP contribution is -2.49. The van der Waals surface area contributed by atoms with Crippen LogP contribution in [-0.2, 0) is 19.6 Å². The van der Waals surface area contributed by atoms with Gasteiger partial charge in [-0.1, -0.05) is 94.2 Å². The third-order valence-electron chi connectivity index (χ3n) is 7.18. The van der Waals surface area contributed by atoms with Crippen LogP contribution in [0.3, 0.4) is 0 Å².